The number of aryl methyl sites for hydroxylation is 1. The fraction of sp³-hybridized carbons (Fsp3) is 0.212. The zero-order valence-corrected chi connectivity index (χ0v) is 26.3. The molecule has 2 aliphatic rings. The SMILES string of the molecule is Cc1cc(-c2nn(-c3ccccc3)c3c2P(=S)(N2CCOCC2)N(C)C(c2ccc(F)cc2)=N3)c(C)n1-c1ccc(F)cc1. The van der Waals surface area contributed by atoms with Gasteiger partial charge in [-0.2, -0.15) is 5.10 Å². The predicted molar refractivity (Wildman–Crippen MR) is 174 cm³/mol. The molecule has 5 aromatic rings. The van der Waals surface area contributed by atoms with E-state index in [1.165, 1.54) is 24.3 Å². The third-order valence-corrected chi connectivity index (χ3v) is 13.4. The van der Waals surface area contributed by atoms with Gasteiger partial charge in [0.15, 0.2) is 5.82 Å². The number of para-hydroxylation sites is 1. The first-order chi connectivity index (χ1) is 21.3. The molecule has 2 aromatic heterocycles. The van der Waals surface area contributed by atoms with E-state index in [-0.39, 0.29) is 11.6 Å². The van der Waals surface area contributed by atoms with E-state index in [1.54, 1.807) is 24.3 Å². The van der Waals surface area contributed by atoms with E-state index < -0.39 is 6.34 Å². The summed E-state index contributed by atoms with van der Waals surface area (Å²) in [5.41, 5.74) is 6.17. The van der Waals surface area contributed by atoms with E-state index in [2.05, 4.69) is 26.9 Å². The molecule has 1 atom stereocenters. The maximum Gasteiger partial charge on any atom is 0.170 e. The lowest BCUT2D eigenvalue weighted by Gasteiger charge is -2.45. The minimum Gasteiger partial charge on any atom is -0.379 e. The summed E-state index contributed by atoms with van der Waals surface area (Å²) >= 11 is 6.85. The quantitative estimate of drug-likeness (QED) is 0.208. The second kappa shape index (κ2) is 11.2. The van der Waals surface area contributed by atoms with Crippen LogP contribution in [0, 0.1) is 25.5 Å². The topological polar surface area (TPSA) is 50.8 Å². The highest BCUT2D eigenvalue weighted by Crippen LogP contribution is 2.59. The van der Waals surface area contributed by atoms with Crippen molar-refractivity contribution >= 4 is 35.1 Å². The van der Waals surface area contributed by atoms with Crippen molar-refractivity contribution in [2.24, 2.45) is 4.99 Å². The highest BCUT2D eigenvalue weighted by Gasteiger charge is 2.45. The highest BCUT2D eigenvalue weighted by atomic mass is 32.4. The molecule has 11 heteroatoms. The van der Waals surface area contributed by atoms with Gasteiger partial charge in [-0.15, -0.1) is 0 Å². The molecular formula is C33H31F2N6OPS. The van der Waals surface area contributed by atoms with E-state index in [4.69, 9.17) is 26.6 Å². The summed E-state index contributed by atoms with van der Waals surface area (Å²) in [6.07, 6.45) is -2.76. The third kappa shape index (κ3) is 4.64. The van der Waals surface area contributed by atoms with Gasteiger partial charge in [-0.25, -0.2) is 18.5 Å². The van der Waals surface area contributed by atoms with Crippen LogP contribution in [-0.2, 0) is 16.5 Å². The average Bonchev–Trinajstić information content (AvgIpc) is 3.57. The van der Waals surface area contributed by atoms with Crippen LogP contribution in [0.25, 0.3) is 22.6 Å². The molecule has 0 amide bonds. The van der Waals surface area contributed by atoms with Crippen molar-refractivity contribution < 1.29 is 13.5 Å². The lowest BCUT2D eigenvalue weighted by molar-refractivity contribution is 0.0738. The number of aromatic nitrogens is 3. The molecule has 224 valence electrons. The zero-order valence-electron chi connectivity index (χ0n) is 24.6. The van der Waals surface area contributed by atoms with Crippen LogP contribution in [0.4, 0.5) is 14.6 Å². The predicted octanol–water partition coefficient (Wildman–Crippen LogP) is 6.52. The summed E-state index contributed by atoms with van der Waals surface area (Å²) in [6, 6.07) is 24.9. The fourth-order valence-corrected chi connectivity index (χ4v) is 10.3. The summed E-state index contributed by atoms with van der Waals surface area (Å²) < 4.78 is 42.0. The summed E-state index contributed by atoms with van der Waals surface area (Å²) in [4.78, 5) is 5.24. The van der Waals surface area contributed by atoms with E-state index in [0.29, 0.717) is 38.0 Å². The maximum atomic E-state index is 14.0. The molecule has 7 rings (SSSR count). The molecule has 0 aliphatic carbocycles. The molecule has 0 radical (unpaired) electrons. The number of nitrogens with zero attached hydrogens (tertiary/aromatic N) is 6. The van der Waals surface area contributed by atoms with Crippen LogP contribution in [0.15, 0.2) is 89.9 Å². The first-order valence-corrected chi connectivity index (χ1v) is 17.1. The Labute approximate surface area is 260 Å². The van der Waals surface area contributed by atoms with Crippen molar-refractivity contribution in [2.45, 2.75) is 13.8 Å². The van der Waals surface area contributed by atoms with E-state index >= 15 is 0 Å². The molecule has 1 unspecified atom stereocenters. The number of amidine groups is 1. The van der Waals surface area contributed by atoms with Crippen molar-refractivity contribution in [3.05, 3.63) is 114 Å². The molecule has 0 N–H and O–H groups in total. The van der Waals surface area contributed by atoms with Gasteiger partial charge in [-0.3, -0.25) is 4.67 Å². The van der Waals surface area contributed by atoms with Crippen LogP contribution in [-0.4, -0.2) is 62.9 Å². The number of hydrogen-bond donors (Lipinski definition) is 0. The summed E-state index contributed by atoms with van der Waals surface area (Å²) in [5, 5.41) is 6.18. The Kier molecular flexibility index (Phi) is 7.33. The molecule has 0 saturated carbocycles. The van der Waals surface area contributed by atoms with Gasteiger partial charge in [-0.1, -0.05) is 30.0 Å². The van der Waals surface area contributed by atoms with E-state index in [9.17, 15) is 8.78 Å². The van der Waals surface area contributed by atoms with Gasteiger partial charge in [0, 0.05) is 48.3 Å². The molecule has 0 spiro atoms. The van der Waals surface area contributed by atoms with Gasteiger partial charge in [0.25, 0.3) is 0 Å². The molecule has 2 aliphatic heterocycles. The number of morpholine rings is 1. The second-order valence-corrected chi connectivity index (χ2v) is 15.2. The fourth-order valence-electron chi connectivity index (χ4n) is 6.15. The molecular weight excluding hydrogens is 597 g/mol. The Bertz CT molecular complexity index is 1930. The number of benzene rings is 3. The third-order valence-electron chi connectivity index (χ3n) is 8.30. The van der Waals surface area contributed by atoms with Crippen LogP contribution in [0.5, 0.6) is 0 Å². The first-order valence-electron chi connectivity index (χ1n) is 14.4. The first kappa shape index (κ1) is 28.8. The van der Waals surface area contributed by atoms with Crippen molar-refractivity contribution in [2.75, 3.05) is 33.4 Å². The number of aliphatic imine (C=N–C) groups is 1. The molecule has 1 saturated heterocycles. The second-order valence-electron chi connectivity index (χ2n) is 10.9. The van der Waals surface area contributed by atoms with Crippen LogP contribution >= 0.6 is 6.34 Å². The largest absolute Gasteiger partial charge is 0.379 e. The van der Waals surface area contributed by atoms with E-state index in [1.807, 2.05) is 49.0 Å². The Morgan fingerprint density at radius 1 is 0.841 bits per heavy atom. The van der Waals surface area contributed by atoms with Crippen molar-refractivity contribution in [3.63, 3.8) is 0 Å². The molecule has 3 aromatic carbocycles. The zero-order chi connectivity index (χ0) is 30.6. The summed E-state index contributed by atoms with van der Waals surface area (Å²) in [7, 11) is 1.99. The average molecular weight is 629 g/mol. The van der Waals surface area contributed by atoms with Gasteiger partial charge in [0.2, 0.25) is 0 Å². The lowest BCUT2D eigenvalue weighted by Crippen LogP contribution is -2.45. The minimum atomic E-state index is -2.76. The maximum absolute atomic E-state index is 14.0. The van der Waals surface area contributed by atoms with Crippen molar-refractivity contribution in [3.8, 4) is 22.6 Å². The van der Waals surface area contributed by atoms with Gasteiger partial charge >= 0.3 is 0 Å². The molecule has 1 fully saturated rings. The molecule has 0 bridgehead atoms. The van der Waals surface area contributed by atoms with Crippen LogP contribution < -0.4 is 5.30 Å². The molecule has 4 heterocycles. The van der Waals surface area contributed by atoms with Gasteiger partial charge < -0.3 is 14.0 Å². The number of fused-ring (bicyclic) bond motifs is 1. The van der Waals surface area contributed by atoms with Gasteiger partial charge in [0.05, 0.1) is 24.2 Å². The Hall–Kier alpha value is -3.95. The van der Waals surface area contributed by atoms with Crippen LogP contribution in [0.2, 0.25) is 0 Å². The monoisotopic (exact) mass is 628 g/mol. The normalized spacial score (nSPS) is 18.8. The molecule has 44 heavy (non-hydrogen) atoms. The van der Waals surface area contributed by atoms with Gasteiger partial charge in [0.1, 0.15) is 29.5 Å². The number of ether oxygens (including phenoxy) is 1. The van der Waals surface area contributed by atoms with Crippen LogP contribution in [0.3, 0.4) is 0 Å². The number of halogens is 2. The van der Waals surface area contributed by atoms with E-state index in [0.717, 1.165) is 44.9 Å². The number of rotatable bonds is 5. The minimum absolute atomic E-state index is 0.281. The molecule has 7 nitrogen and oxygen atoms in total. The Morgan fingerprint density at radius 3 is 2.14 bits per heavy atom. The van der Waals surface area contributed by atoms with Gasteiger partial charge in [-0.05, 0) is 80.6 Å². The lowest BCUT2D eigenvalue weighted by atomic mass is 10.1. The Morgan fingerprint density at radius 2 is 1.48 bits per heavy atom. The smallest absolute Gasteiger partial charge is 0.170 e. The standard InChI is InChI=1S/C33H31F2N6OPS/c1-22-21-29(23(2)40(22)27-15-13-26(35)14-16-27)30-31-33(41(37-30)28-7-5-4-6-8-28)36-32(24-9-11-25(34)12-10-24)38(3)43(31,44)39-17-19-42-20-18-39/h4-16,21H,17-20H2,1-3H3. The Balaban J connectivity index is 1.53. The van der Waals surface area contributed by atoms with Crippen molar-refractivity contribution in [1.29, 1.82) is 0 Å². The van der Waals surface area contributed by atoms with Crippen molar-refractivity contribution in [1.82, 2.24) is 23.7 Å². The summed E-state index contributed by atoms with van der Waals surface area (Å²) in [6.45, 7) is 6.58. The number of hydrogen-bond acceptors (Lipinski definition) is 4. The summed E-state index contributed by atoms with van der Waals surface area (Å²) in [5.74, 6) is 0.753. The highest BCUT2D eigenvalue weighted by molar-refractivity contribution is 8.16. The van der Waals surface area contributed by atoms with Crippen LogP contribution in [0.1, 0.15) is 17.0 Å².